The molecule has 116 valence electrons. The van der Waals surface area contributed by atoms with Crippen LogP contribution in [0.1, 0.15) is 23.0 Å². The van der Waals surface area contributed by atoms with E-state index in [2.05, 4.69) is 22.0 Å². The Bertz CT molecular complexity index is 645. The fourth-order valence-corrected chi connectivity index (χ4v) is 2.75. The highest BCUT2D eigenvalue weighted by Crippen LogP contribution is 2.26. The molecule has 1 saturated heterocycles. The summed E-state index contributed by atoms with van der Waals surface area (Å²) in [6, 6.07) is 3.71. The first-order valence-electron chi connectivity index (χ1n) is 7.59. The van der Waals surface area contributed by atoms with E-state index in [0.29, 0.717) is 17.0 Å². The zero-order chi connectivity index (χ0) is 15.5. The molecular weight excluding hydrogens is 280 g/mol. The maximum absolute atomic E-state index is 12.9. The van der Waals surface area contributed by atoms with Gasteiger partial charge in [-0.3, -0.25) is 9.78 Å². The van der Waals surface area contributed by atoms with Gasteiger partial charge in [0.25, 0.3) is 5.91 Å². The van der Waals surface area contributed by atoms with Crippen molar-refractivity contribution in [1.82, 2.24) is 19.9 Å². The van der Waals surface area contributed by atoms with E-state index in [1.807, 2.05) is 17.0 Å². The Hall–Kier alpha value is -2.21. The van der Waals surface area contributed by atoms with Crippen LogP contribution in [-0.4, -0.2) is 58.6 Å². The monoisotopic (exact) mass is 300 g/mol. The molecule has 1 aliphatic rings. The molecule has 6 nitrogen and oxygen atoms in total. The molecule has 0 unspecified atom stereocenters. The normalized spacial score (nSPS) is 16.0. The maximum Gasteiger partial charge on any atom is 0.259 e. The quantitative estimate of drug-likeness (QED) is 0.865. The van der Waals surface area contributed by atoms with E-state index in [-0.39, 0.29) is 5.91 Å². The number of aromatic nitrogens is 2. The highest BCUT2D eigenvalue weighted by atomic mass is 16.5. The van der Waals surface area contributed by atoms with Crippen LogP contribution in [-0.2, 0) is 0 Å². The first kappa shape index (κ1) is 14.7. The van der Waals surface area contributed by atoms with E-state index in [9.17, 15) is 4.79 Å². The van der Waals surface area contributed by atoms with Crippen LogP contribution < -0.4 is 0 Å². The lowest BCUT2D eigenvalue weighted by molar-refractivity contribution is 0.0642. The standard InChI is InChI=1S/C16H20N4O2/c1-3-19-7-9-20(10-8-19)16(21)14-12(2)22-18-15(14)13-5-4-6-17-11-13/h4-6,11H,3,7-10H2,1-2H3. The Kier molecular flexibility index (Phi) is 4.20. The van der Waals surface area contributed by atoms with Crippen LogP contribution in [0.2, 0.25) is 0 Å². The lowest BCUT2D eigenvalue weighted by Gasteiger charge is -2.34. The summed E-state index contributed by atoms with van der Waals surface area (Å²) in [6.45, 7) is 8.25. The first-order chi connectivity index (χ1) is 10.7. The average molecular weight is 300 g/mol. The van der Waals surface area contributed by atoms with Crippen LogP contribution in [0.25, 0.3) is 11.3 Å². The van der Waals surface area contributed by atoms with Crippen molar-refractivity contribution in [1.29, 1.82) is 0 Å². The molecular formula is C16H20N4O2. The molecule has 0 saturated carbocycles. The summed E-state index contributed by atoms with van der Waals surface area (Å²) in [5.41, 5.74) is 1.93. The van der Waals surface area contributed by atoms with Crippen LogP contribution in [0.4, 0.5) is 0 Å². The molecule has 1 amide bonds. The number of nitrogens with zero attached hydrogens (tertiary/aromatic N) is 4. The van der Waals surface area contributed by atoms with Gasteiger partial charge in [-0.15, -0.1) is 0 Å². The van der Waals surface area contributed by atoms with Gasteiger partial charge in [-0.25, -0.2) is 0 Å². The Morgan fingerprint density at radius 2 is 2.09 bits per heavy atom. The zero-order valence-electron chi connectivity index (χ0n) is 13.0. The number of pyridine rings is 1. The molecule has 0 aromatic carbocycles. The summed E-state index contributed by atoms with van der Waals surface area (Å²) >= 11 is 0. The Morgan fingerprint density at radius 1 is 1.32 bits per heavy atom. The summed E-state index contributed by atoms with van der Waals surface area (Å²) in [6.07, 6.45) is 3.39. The maximum atomic E-state index is 12.9. The lowest BCUT2D eigenvalue weighted by Crippen LogP contribution is -2.48. The number of carbonyl (C=O) groups excluding carboxylic acids is 1. The SMILES string of the molecule is CCN1CCN(C(=O)c2c(-c3cccnc3)noc2C)CC1. The highest BCUT2D eigenvalue weighted by Gasteiger charge is 2.28. The minimum atomic E-state index is -0.00615. The van der Waals surface area contributed by atoms with Crippen LogP contribution in [0.5, 0.6) is 0 Å². The van der Waals surface area contributed by atoms with Gasteiger partial charge < -0.3 is 14.3 Å². The third-order valence-electron chi connectivity index (χ3n) is 4.12. The number of likely N-dealkylation sites (N-methyl/N-ethyl adjacent to an activating group) is 1. The predicted octanol–water partition coefficient (Wildman–Crippen LogP) is 1.82. The molecule has 0 bridgehead atoms. The summed E-state index contributed by atoms with van der Waals surface area (Å²) < 4.78 is 5.27. The van der Waals surface area contributed by atoms with Crippen molar-refractivity contribution < 1.29 is 9.32 Å². The van der Waals surface area contributed by atoms with E-state index < -0.39 is 0 Å². The van der Waals surface area contributed by atoms with Gasteiger partial charge >= 0.3 is 0 Å². The van der Waals surface area contributed by atoms with Crippen molar-refractivity contribution >= 4 is 5.91 Å². The lowest BCUT2D eigenvalue weighted by atomic mass is 10.1. The van der Waals surface area contributed by atoms with Gasteiger partial charge in [0.2, 0.25) is 0 Å². The van der Waals surface area contributed by atoms with Gasteiger partial charge in [0.1, 0.15) is 17.0 Å². The van der Waals surface area contributed by atoms with Gasteiger partial charge in [0, 0.05) is 44.1 Å². The number of aryl methyl sites for hydroxylation is 1. The molecule has 0 atom stereocenters. The number of amides is 1. The number of hydrogen-bond donors (Lipinski definition) is 0. The molecule has 3 rings (SSSR count). The number of carbonyl (C=O) groups is 1. The minimum absolute atomic E-state index is 0.00615. The molecule has 2 aromatic rings. The molecule has 22 heavy (non-hydrogen) atoms. The molecule has 6 heteroatoms. The molecule has 1 aliphatic heterocycles. The number of hydrogen-bond acceptors (Lipinski definition) is 5. The van der Waals surface area contributed by atoms with Crippen molar-refractivity contribution in [3.63, 3.8) is 0 Å². The van der Waals surface area contributed by atoms with Crippen LogP contribution >= 0.6 is 0 Å². The predicted molar refractivity (Wildman–Crippen MR) is 82.5 cm³/mol. The Labute approximate surface area is 129 Å². The summed E-state index contributed by atoms with van der Waals surface area (Å²) in [4.78, 5) is 21.2. The Balaban J connectivity index is 1.86. The number of piperazine rings is 1. The molecule has 1 fully saturated rings. The number of rotatable bonds is 3. The highest BCUT2D eigenvalue weighted by molar-refractivity contribution is 6.00. The summed E-state index contributed by atoms with van der Waals surface area (Å²) in [5.74, 6) is 0.551. The van der Waals surface area contributed by atoms with E-state index in [1.54, 1.807) is 19.3 Å². The van der Waals surface area contributed by atoms with Crippen molar-refractivity contribution in [3.05, 3.63) is 35.9 Å². The molecule has 3 heterocycles. The molecule has 0 radical (unpaired) electrons. The van der Waals surface area contributed by atoms with Crippen molar-refractivity contribution in [2.24, 2.45) is 0 Å². The smallest absolute Gasteiger partial charge is 0.259 e. The van der Waals surface area contributed by atoms with E-state index >= 15 is 0 Å². The van der Waals surface area contributed by atoms with Crippen molar-refractivity contribution in [2.75, 3.05) is 32.7 Å². The van der Waals surface area contributed by atoms with Gasteiger partial charge in [0.15, 0.2) is 0 Å². The third kappa shape index (κ3) is 2.74. The topological polar surface area (TPSA) is 62.5 Å². The minimum Gasteiger partial charge on any atom is -0.360 e. The van der Waals surface area contributed by atoms with Gasteiger partial charge in [-0.05, 0) is 25.6 Å². The second-order valence-electron chi connectivity index (χ2n) is 5.43. The van der Waals surface area contributed by atoms with Crippen molar-refractivity contribution in [2.45, 2.75) is 13.8 Å². The van der Waals surface area contributed by atoms with Crippen molar-refractivity contribution in [3.8, 4) is 11.3 Å². The second-order valence-corrected chi connectivity index (χ2v) is 5.43. The Morgan fingerprint density at radius 3 is 2.73 bits per heavy atom. The largest absolute Gasteiger partial charge is 0.360 e. The van der Waals surface area contributed by atoms with Gasteiger partial charge in [0.05, 0.1) is 0 Å². The van der Waals surface area contributed by atoms with E-state index in [4.69, 9.17) is 4.52 Å². The molecule has 2 aromatic heterocycles. The van der Waals surface area contributed by atoms with E-state index in [0.717, 1.165) is 38.3 Å². The zero-order valence-corrected chi connectivity index (χ0v) is 13.0. The van der Waals surface area contributed by atoms with Gasteiger partial charge in [-0.1, -0.05) is 12.1 Å². The average Bonchev–Trinajstić information content (AvgIpc) is 2.96. The third-order valence-corrected chi connectivity index (χ3v) is 4.12. The first-order valence-corrected chi connectivity index (χ1v) is 7.59. The fraction of sp³-hybridized carbons (Fsp3) is 0.438. The summed E-state index contributed by atoms with van der Waals surface area (Å²) in [5, 5.41) is 4.06. The van der Waals surface area contributed by atoms with E-state index in [1.165, 1.54) is 0 Å². The fourth-order valence-electron chi connectivity index (χ4n) is 2.75. The summed E-state index contributed by atoms with van der Waals surface area (Å²) in [7, 11) is 0. The van der Waals surface area contributed by atoms with Crippen LogP contribution in [0.15, 0.2) is 29.0 Å². The molecule has 0 aliphatic carbocycles. The molecule has 0 spiro atoms. The van der Waals surface area contributed by atoms with Gasteiger partial charge in [-0.2, -0.15) is 0 Å². The van der Waals surface area contributed by atoms with Crippen LogP contribution in [0, 0.1) is 6.92 Å². The second kappa shape index (κ2) is 6.27. The van der Waals surface area contributed by atoms with Crippen LogP contribution in [0.3, 0.4) is 0 Å². The molecule has 0 N–H and O–H groups in total.